The molecule has 2 fully saturated rings. The molecule has 0 aliphatic carbocycles. The van der Waals surface area contributed by atoms with E-state index in [0.29, 0.717) is 15.6 Å². The lowest BCUT2D eigenvalue weighted by Gasteiger charge is -2.38. The van der Waals surface area contributed by atoms with Gasteiger partial charge in [0.1, 0.15) is 11.0 Å². The van der Waals surface area contributed by atoms with E-state index in [2.05, 4.69) is 19.9 Å². The largest absolute Gasteiger partial charge is 0.381 e. The standard InChI is InChI=1S/C20H24Cl2N4O/c1-14-10-15(18(21)19(22)25-14)2-3-16-11-24-17(12-23-16)26-7-4-20(5-8-26)6-9-27-13-20/h10-12H,2-9,13H2,1H3. The molecule has 5 nitrogen and oxygen atoms in total. The Morgan fingerprint density at radius 2 is 1.93 bits per heavy atom. The summed E-state index contributed by atoms with van der Waals surface area (Å²) in [6.07, 6.45) is 8.86. The number of anilines is 1. The van der Waals surface area contributed by atoms with Gasteiger partial charge in [-0.1, -0.05) is 23.2 Å². The lowest BCUT2D eigenvalue weighted by molar-refractivity contribution is 0.133. The molecule has 2 saturated heterocycles. The quantitative estimate of drug-likeness (QED) is 0.709. The molecule has 0 atom stereocenters. The van der Waals surface area contributed by atoms with Crippen LogP contribution in [0.1, 0.15) is 36.2 Å². The van der Waals surface area contributed by atoms with E-state index >= 15 is 0 Å². The highest BCUT2D eigenvalue weighted by atomic mass is 35.5. The van der Waals surface area contributed by atoms with E-state index in [1.807, 2.05) is 25.4 Å². The molecule has 4 rings (SSSR count). The first-order chi connectivity index (χ1) is 13.0. The van der Waals surface area contributed by atoms with Gasteiger partial charge in [-0.2, -0.15) is 0 Å². The monoisotopic (exact) mass is 406 g/mol. The van der Waals surface area contributed by atoms with Crippen LogP contribution in [0.3, 0.4) is 0 Å². The molecule has 0 radical (unpaired) electrons. The van der Waals surface area contributed by atoms with E-state index in [1.54, 1.807) is 0 Å². The summed E-state index contributed by atoms with van der Waals surface area (Å²) in [5.41, 5.74) is 3.24. The van der Waals surface area contributed by atoms with E-state index in [0.717, 1.165) is 61.9 Å². The summed E-state index contributed by atoms with van der Waals surface area (Å²) in [6.45, 7) is 5.82. The van der Waals surface area contributed by atoms with Gasteiger partial charge < -0.3 is 9.64 Å². The second-order valence-electron chi connectivity index (χ2n) is 7.68. The van der Waals surface area contributed by atoms with Crippen molar-refractivity contribution in [3.05, 3.63) is 45.6 Å². The van der Waals surface area contributed by atoms with E-state index in [1.165, 1.54) is 19.3 Å². The maximum atomic E-state index is 6.26. The van der Waals surface area contributed by atoms with Gasteiger partial charge in [-0.25, -0.2) is 9.97 Å². The molecule has 0 aromatic carbocycles. The van der Waals surface area contributed by atoms with Gasteiger partial charge >= 0.3 is 0 Å². The van der Waals surface area contributed by atoms with Gasteiger partial charge in [0.2, 0.25) is 0 Å². The number of rotatable bonds is 4. The number of ether oxygens (including phenoxy) is 1. The van der Waals surface area contributed by atoms with Crippen LogP contribution in [-0.2, 0) is 17.6 Å². The zero-order chi connectivity index (χ0) is 18.9. The predicted molar refractivity (Wildman–Crippen MR) is 108 cm³/mol. The second-order valence-corrected chi connectivity index (χ2v) is 8.42. The fourth-order valence-electron chi connectivity index (χ4n) is 4.02. The van der Waals surface area contributed by atoms with Crippen LogP contribution in [0, 0.1) is 12.3 Å². The number of nitrogens with zero attached hydrogens (tertiary/aromatic N) is 4. The fourth-order valence-corrected chi connectivity index (χ4v) is 4.47. The molecule has 27 heavy (non-hydrogen) atoms. The van der Waals surface area contributed by atoms with Crippen molar-refractivity contribution in [2.24, 2.45) is 5.41 Å². The first-order valence-electron chi connectivity index (χ1n) is 9.50. The van der Waals surface area contributed by atoms with Crippen molar-refractivity contribution in [2.45, 2.75) is 39.0 Å². The summed E-state index contributed by atoms with van der Waals surface area (Å²) < 4.78 is 5.61. The third kappa shape index (κ3) is 4.20. The van der Waals surface area contributed by atoms with Crippen LogP contribution in [0.15, 0.2) is 18.5 Å². The molecule has 0 saturated carbocycles. The van der Waals surface area contributed by atoms with Gasteiger partial charge in [-0.15, -0.1) is 0 Å². The van der Waals surface area contributed by atoms with Crippen LogP contribution >= 0.6 is 23.2 Å². The topological polar surface area (TPSA) is 51.1 Å². The SMILES string of the molecule is Cc1cc(CCc2cnc(N3CCC4(CCOC4)CC3)cn2)c(Cl)c(Cl)n1. The van der Waals surface area contributed by atoms with Crippen molar-refractivity contribution < 1.29 is 4.74 Å². The Morgan fingerprint density at radius 3 is 2.59 bits per heavy atom. The van der Waals surface area contributed by atoms with Crippen LogP contribution in [0.4, 0.5) is 5.82 Å². The summed E-state index contributed by atoms with van der Waals surface area (Å²) in [7, 11) is 0. The summed E-state index contributed by atoms with van der Waals surface area (Å²) in [4.78, 5) is 15.8. The van der Waals surface area contributed by atoms with Crippen molar-refractivity contribution in [3.8, 4) is 0 Å². The highest BCUT2D eigenvalue weighted by molar-refractivity contribution is 6.41. The van der Waals surface area contributed by atoms with Crippen LogP contribution in [-0.4, -0.2) is 41.3 Å². The number of hydrogen-bond acceptors (Lipinski definition) is 5. The molecule has 4 heterocycles. The summed E-state index contributed by atoms with van der Waals surface area (Å²) in [6, 6.07) is 1.98. The second kappa shape index (κ2) is 7.90. The number of aromatic nitrogens is 3. The molecular weight excluding hydrogens is 383 g/mol. The Morgan fingerprint density at radius 1 is 1.11 bits per heavy atom. The minimum atomic E-state index is 0.364. The number of piperidine rings is 1. The number of hydrogen-bond donors (Lipinski definition) is 0. The molecule has 0 unspecified atom stereocenters. The lowest BCUT2D eigenvalue weighted by atomic mass is 9.78. The number of pyridine rings is 1. The molecule has 2 aromatic rings. The van der Waals surface area contributed by atoms with Crippen molar-refractivity contribution in [3.63, 3.8) is 0 Å². The Bertz CT molecular complexity index is 796. The van der Waals surface area contributed by atoms with Crippen LogP contribution in [0.25, 0.3) is 0 Å². The van der Waals surface area contributed by atoms with Gasteiger partial charge in [0.05, 0.1) is 29.7 Å². The highest BCUT2D eigenvalue weighted by Gasteiger charge is 2.38. The maximum Gasteiger partial charge on any atom is 0.148 e. The Labute approximate surface area is 170 Å². The third-order valence-corrected chi connectivity index (χ3v) is 6.59. The number of halogens is 2. The normalized spacial score (nSPS) is 19.0. The Kier molecular flexibility index (Phi) is 5.53. The first kappa shape index (κ1) is 18.9. The summed E-state index contributed by atoms with van der Waals surface area (Å²) in [5, 5.41) is 0.897. The van der Waals surface area contributed by atoms with Crippen LogP contribution < -0.4 is 4.90 Å². The number of aryl methyl sites for hydroxylation is 3. The van der Waals surface area contributed by atoms with Crippen LogP contribution in [0.2, 0.25) is 10.2 Å². The lowest BCUT2D eigenvalue weighted by Crippen LogP contribution is -2.40. The molecular formula is C20H24Cl2N4O. The zero-order valence-corrected chi connectivity index (χ0v) is 17.1. The van der Waals surface area contributed by atoms with Gasteiger partial charge in [-0.05, 0) is 56.1 Å². The third-order valence-electron chi connectivity index (χ3n) is 5.80. The van der Waals surface area contributed by atoms with Gasteiger partial charge in [0.15, 0.2) is 0 Å². The minimum Gasteiger partial charge on any atom is -0.381 e. The Balaban J connectivity index is 1.36. The van der Waals surface area contributed by atoms with E-state index in [-0.39, 0.29) is 0 Å². The van der Waals surface area contributed by atoms with E-state index in [9.17, 15) is 0 Å². The smallest absolute Gasteiger partial charge is 0.148 e. The average Bonchev–Trinajstić information content (AvgIpc) is 3.12. The molecule has 0 N–H and O–H groups in total. The molecule has 2 aliphatic rings. The zero-order valence-electron chi connectivity index (χ0n) is 15.5. The fraction of sp³-hybridized carbons (Fsp3) is 0.550. The van der Waals surface area contributed by atoms with E-state index in [4.69, 9.17) is 27.9 Å². The molecule has 1 spiro atoms. The first-order valence-corrected chi connectivity index (χ1v) is 10.3. The summed E-state index contributed by atoms with van der Waals surface area (Å²) >= 11 is 12.3. The maximum absolute atomic E-state index is 6.26. The van der Waals surface area contributed by atoms with Crippen molar-refractivity contribution in [1.82, 2.24) is 15.0 Å². The Hall–Kier alpha value is -1.43. The van der Waals surface area contributed by atoms with Gasteiger partial charge in [0, 0.05) is 25.4 Å². The highest BCUT2D eigenvalue weighted by Crippen LogP contribution is 2.39. The van der Waals surface area contributed by atoms with E-state index < -0.39 is 0 Å². The molecule has 144 valence electrons. The molecule has 7 heteroatoms. The molecule has 2 aromatic heterocycles. The van der Waals surface area contributed by atoms with Crippen molar-refractivity contribution >= 4 is 29.0 Å². The minimum absolute atomic E-state index is 0.364. The predicted octanol–water partition coefficient (Wildman–Crippen LogP) is 4.28. The molecule has 0 amide bonds. The van der Waals surface area contributed by atoms with Crippen molar-refractivity contribution in [1.29, 1.82) is 0 Å². The van der Waals surface area contributed by atoms with Crippen LogP contribution in [0.5, 0.6) is 0 Å². The van der Waals surface area contributed by atoms with Gasteiger partial charge in [0.25, 0.3) is 0 Å². The average molecular weight is 407 g/mol. The van der Waals surface area contributed by atoms with Gasteiger partial charge in [-0.3, -0.25) is 4.98 Å². The van der Waals surface area contributed by atoms with Crippen molar-refractivity contribution in [2.75, 3.05) is 31.2 Å². The summed E-state index contributed by atoms with van der Waals surface area (Å²) in [5.74, 6) is 0.966. The molecule has 0 bridgehead atoms. The molecule has 2 aliphatic heterocycles.